The molecule has 0 radical (unpaired) electrons. The molecule has 6 nitrogen and oxygen atoms in total. The molecule has 0 bridgehead atoms. The molecule has 138 valence electrons. The van der Waals surface area contributed by atoms with Crippen molar-refractivity contribution < 1.29 is 14.0 Å². The molecular formula is C21H20N2O4. The number of hydrogen-bond acceptors (Lipinski definition) is 4. The summed E-state index contributed by atoms with van der Waals surface area (Å²) < 4.78 is 5.37. The molecule has 0 spiro atoms. The van der Waals surface area contributed by atoms with Gasteiger partial charge in [-0.05, 0) is 36.2 Å². The van der Waals surface area contributed by atoms with Crippen molar-refractivity contribution in [2.45, 2.75) is 19.4 Å². The summed E-state index contributed by atoms with van der Waals surface area (Å²) >= 11 is 0. The van der Waals surface area contributed by atoms with Gasteiger partial charge in [0.2, 0.25) is 5.91 Å². The van der Waals surface area contributed by atoms with Crippen molar-refractivity contribution in [1.82, 2.24) is 4.90 Å². The third kappa shape index (κ3) is 3.60. The average Bonchev–Trinajstić information content (AvgIpc) is 2.67. The van der Waals surface area contributed by atoms with Crippen LogP contribution in [-0.2, 0) is 4.79 Å². The van der Waals surface area contributed by atoms with E-state index < -0.39 is 17.6 Å². The quantitative estimate of drug-likeness (QED) is 0.705. The van der Waals surface area contributed by atoms with Crippen molar-refractivity contribution in [3.05, 3.63) is 70.6 Å². The van der Waals surface area contributed by atoms with Crippen LogP contribution in [0.25, 0.3) is 22.1 Å². The van der Waals surface area contributed by atoms with Gasteiger partial charge < -0.3 is 15.1 Å². The normalized spacial score (nSPS) is 11.9. The van der Waals surface area contributed by atoms with Gasteiger partial charge in [0.1, 0.15) is 11.6 Å². The van der Waals surface area contributed by atoms with Crippen molar-refractivity contribution in [2.75, 3.05) is 7.05 Å². The highest BCUT2D eigenvalue weighted by atomic mass is 16.4. The summed E-state index contributed by atoms with van der Waals surface area (Å²) in [5.41, 5.74) is 6.70. The zero-order valence-electron chi connectivity index (χ0n) is 15.1. The SMILES string of the molecule is CCC(C(N)=O)N(C)C(=O)c1cccc(-c2cc3ccccc3oc2=O)c1. The zero-order chi connectivity index (χ0) is 19.6. The third-order valence-corrected chi connectivity index (χ3v) is 4.56. The van der Waals surface area contributed by atoms with Gasteiger partial charge in [0, 0.05) is 18.0 Å². The summed E-state index contributed by atoms with van der Waals surface area (Å²) in [6.07, 6.45) is 0.422. The Morgan fingerprint density at radius 2 is 1.85 bits per heavy atom. The molecule has 1 atom stereocenters. The number of nitrogens with zero attached hydrogens (tertiary/aromatic N) is 1. The summed E-state index contributed by atoms with van der Waals surface area (Å²) in [7, 11) is 1.54. The number of para-hydroxylation sites is 1. The first-order chi connectivity index (χ1) is 12.9. The molecule has 0 saturated carbocycles. The summed E-state index contributed by atoms with van der Waals surface area (Å²) in [5.74, 6) is -0.896. The lowest BCUT2D eigenvalue weighted by atomic mass is 10.0. The minimum Gasteiger partial charge on any atom is -0.422 e. The molecule has 6 heteroatoms. The van der Waals surface area contributed by atoms with Gasteiger partial charge in [0.05, 0.1) is 5.56 Å². The van der Waals surface area contributed by atoms with Crippen LogP contribution in [0.4, 0.5) is 0 Å². The van der Waals surface area contributed by atoms with E-state index in [4.69, 9.17) is 10.2 Å². The highest BCUT2D eigenvalue weighted by molar-refractivity contribution is 5.98. The van der Waals surface area contributed by atoms with Gasteiger partial charge in [0.25, 0.3) is 5.91 Å². The van der Waals surface area contributed by atoms with Crippen molar-refractivity contribution >= 4 is 22.8 Å². The number of amides is 2. The molecule has 0 aliphatic rings. The van der Waals surface area contributed by atoms with Crippen molar-refractivity contribution in [2.24, 2.45) is 5.73 Å². The molecule has 1 unspecified atom stereocenters. The first-order valence-electron chi connectivity index (χ1n) is 8.62. The van der Waals surface area contributed by atoms with Crippen molar-refractivity contribution in [1.29, 1.82) is 0 Å². The number of hydrogen-bond donors (Lipinski definition) is 1. The van der Waals surface area contributed by atoms with Gasteiger partial charge in [-0.3, -0.25) is 9.59 Å². The Morgan fingerprint density at radius 1 is 1.11 bits per heavy atom. The van der Waals surface area contributed by atoms with E-state index in [0.29, 0.717) is 28.7 Å². The molecule has 1 aromatic heterocycles. The number of nitrogens with two attached hydrogens (primary N) is 1. The van der Waals surface area contributed by atoms with Crippen molar-refractivity contribution in [3.8, 4) is 11.1 Å². The van der Waals surface area contributed by atoms with E-state index in [1.54, 1.807) is 49.4 Å². The molecule has 2 N–H and O–H groups in total. The standard InChI is InChI=1S/C21H20N2O4/c1-3-17(19(22)24)23(2)20(25)15-9-6-8-13(11-15)16-12-14-7-4-5-10-18(14)27-21(16)26/h4-12,17H,3H2,1-2H3,(H2,22,24). The molecule has 1 heterocycles. The fraction of sp³-hybridized carbons (Fsp3) is 0.190. The number of rotatable bonds is 5. The maximum Gasteiger partial charge on any atom is 0.344 e. The fourth-order valence-electron chi connectivity index (χ4n) is 3.09. The Labute approximate surface area is 156 Å². The van der Waals surface area contributed by atoms with Crippen LogP contribution in [0.3, 0.4) is 0 Å². The van der Waals surface area contributed by atoms with Crippen LogP contribution in [0.5, 0.6) is 0 Å². The molecule has 0 aliphatic carbocycles. The second-order valence-electron chi connectivity index (χ2n) is 6.31. The van der Waals surface area contributed by atoms with Crippen LogP contribution in [0.2, 0.25) is 0 Å². The monoisotopic (exact) mass is 364 g/mol. The van der Waals surface area contributed by atoms with Gasteiger partial charge in [-0.1, -0.05) is 37.3 Å². The topological polar surface area (TPSA) is 93.6 Å². The summed E-state index contributed by atoms with van der Waals surface area (Å²) in [4.78, 5) is 38.0. The predicted octanol–water partition coefficient (Wildman–Crippen LogP) is 2.80. The van der Waals surface area contributed by atoms with E-state index in [9.17, 15) is 14.4 Å². The Kier molecular flexibility index (Phi) is 5.07. The van der Waals surface area contributed by atoms with Crippen LogP contribution >= 0.6 is 0 Å². The zero-order valence-corrected chi connectivity index (χ0v) is 15.1. The van der Waals surface area contributed by atoms with E-state index in [2.05, 4.69) is 0 Å². The van der Waals surface area contributed by atoms with Crippen molar-refractivity contribution in [3.63, 3.8) is 0 Å². The van der Waals surface area contributed by atoms with Gasteiger partial charge >= 0.3 is 5.63 Å². The van der Waals surface area contributed by atoms with Gasteiger partial charge in [0.15, 0.2) is 0 Å². The first kappa shape index (κ1) is 18.4. The lowest BCUT2D eigenvalue weighted by Gasteiger charge is -2.24. The minimum absolute atomic E-state index is 0.340. The number of likely N-dealkylation sites (N-methyl/N-ethyl adjacent to an activating group) is 1. The van der Waals surface area contributed by atoms with Crippen LogP contribution in [-0.4, -0.2) is 29.8 Å². The molecule has 27 heavy (non-hydrogen) atoms. The Hall–Kier alpha value is -3.41. The Bertz CT molecular complexity index is 1070. The van der Waals surface area contributed by atoms with Gasteiger partial charge in [-0.15, -0.1) is 0 Å². The molecule has 2 amide bonds. The Morgan fingerprint density at radius 3 is 2.56 bits per heavy atom. The highest BCUT2D eigenvalue weighted by Gasteiger charge is 2.24. The molecular weight excluding hydrogens is 344 g/mol. The maximum atomic E-state index is 12.7. The van der Waals surface area contributed by atoms with E-state index in [1.807, 2.05) is 12.1 Å². The number of benzene rings is 2. The summed E-state index contributed by atoms with van der Waals surface area (Å²) in [6.45, 7) is 1.79. The first-order valence-corrected chi connectivity index (χ1v) is 8.62. The highest BCUT2D eigenvalue weighted by Crippen LogP contribution is 2.22. The van der Waals surface area contributed by atoms with Crippen LogP contribution in [0.1, 0.15) is 23.7 Å². The summed E-state index contributed by atoms with van der Waals surface area (Å²) in [6, 6.07) is 15.0. The van der Waals surface area contributed by atoms with Gasteiger partial charge in [-0.25, -0.2) is 4.79 Å². The predicted molar refractivity (Wildman–Crippen MR) is 103 cm³/mol. The molecule has 0 aliphatic heterocycles. The number of carbonyl (C=O) groups is 2. The lowest BCUT2D eigenvalue weighted by Crippen LogP contribution is -2.45. The lowest BCUT2D eigenvalue weighted by molar-refractivity contribution is -0.122. The second-order valence-corrected chi connectivity index (χ2v) is 6.31. The molecule has 0 saturated heterocycles. The van der Waals surface area contributed by atoms with Gasteiger partial charge in [-0.2, -0.15) is 0 Å². The molecule has 3 rings (SSSR count). The fourth-order valence-corrected chi connectivity index (χ4v) is 3.09. The van der Waals surface area contributed by atoms with E-state index >= 15 is 0 Å². The Balaban J connectivity index is 2.01. The van der Waals surface area contributed by atoms with E-state index in [-0.39, 0.29) is 5.91 Å². The number of fused-ring (bicyclic) bond motifs is 1. The molecule has 2 aromatic carbocycles. The van der Waals surface area contributed by atoms with E-state index in [1.165, 1.54) is 11.9 Å². The van der Waals surface area contributed by atoms with Crippen LogP contribution < -0.4 is 11.4 Å². The third-order valence-electron chi connectivity index (χ3n) is 4.56. The minimum atomic E-state index is -0.688. The van der Waals surface area contributed by atoms with Crippen LogP contribution in [0.15, 0.2) is 63.8 Å². The summed E-state index contributed by atoms with van der Waals surface area (Å²) in [5, 5.41) is 0.792. The smallest absolute Gasteiger partial charge is 0.344 e. The van der Waals surface area contributed by atoms with Crippen LogP contribution in [0, 0.1) is 0 Å². The average molecular weight is 364 g/mol. The maximum absolute atomic E-state index is 12.7. The van der Waals surface area contributed by atoms with E-state index in [0.717, 1.165) is 5.39 Å². The number of carbonyl (C=O) groups excluding carboxylic acids is 2. The largest absolute Gasteiger partial charge is 0.422 e. The number of primary amides is 1. The molecule has 0 fully saturated rings. The molecule has 3 aromatic rings. The second kappa shape index (κ2) is 7.45.